The van der Waals surface area contributed by atoms with Gasteiger partial charge in [-0.15, -0.1) is 0 Å². The van der Waals surface area contributed by atoms with E-state index in [4.69, 9.17) is 45.5 Å². The Bertz CT molecular complexity index is 5190. The first kappa shape index (κ1) is 77.1. The summed E-state index contributed by atoms with van der Waals surface area (Å²) in [5, 5.41) is 7.77. The van der Waals surface area contributed by atoms with Gasteiger partial charge in [0.15, 0.2) is 0 Å². The molecule has 22 heteroatoms. The zero-order valence-corrected chi connectivity index (χ0v) is 66.7. The van der Waals surface area contributed by atoms with Crippen molar-refractivity contribution in [2.45, 2.75) is 51.9 Å². The van der Waals surface area contributed by atoms with Crippen LogP contribution in [-0.4, -0.2) is 131 Å². The van der Waals surface area contributed by atoms with Gasteiger partial charge in [-0.05, 0) is 129 Å². The average molecular weight is 1560 g/mol. The lowest BCUT2D eigenvalue weighted by Crippen LogP contribution is -2.56. The van der Waals surface area contributed by atoms with Crippen LogP contribution in [0.5, 0.6) is 46.0 Å². The second-order valence-electron chi connectivity index (χ2n) is 28.7. The molecule has 6 amide bonds. The van der Waals surface area contributed by atoms with Gasteiger partial charge in [-0.25, -0.2) is 0 Å². The molecular weight excluding hydrogens is 1470 g/mol. The van der Waals surface area contributed by atoms with Crippen molar-refractivity contribution in [1.82, 2.24) is 20.4 Å². The summed E-state index contributed by atoms with van der Waals surface area (Å²) in [5.74, 6) is -4.45. The third-order valence-corrected chi connectivity index (χ3v) is 26.8. The Kier molecular flexibility index (Phi) is 22.0. The highest BCUT2D eigenvalue weighted by Crippen LogP contribution is 2.59. The monoisotopic (exact) mass is 1560 g/mol. The van der Waals surface area contributed by atoms with Crippen LogP contribution in [0.1, 0.15) is 69.1 Å². The highest BCUT2D eigenvalue weighted by molar-refractivity contribution is 6.61. The first-order chi connectivity index (χ1) is 55.3. The third kappa shape index (κ3) is 14.4. The molecule has 0 saturated heterocycles. The van der Waals surface area contributed by atoms with Crippen molar-refractivity contribution in [3.63, 3.8) is 0 Å². The van der Waals surface area contributed by atoms with Crippen LogP contribution in [0.2, 0.25) is 12.1 Å². The van der Waals surface area contributed by atoms with Crippen LogP contribution in [0.3, 0.4) is 0 Å². The van der Waals surface area contributed by atoms with E-state index < -0.39 is 77.0 Å². The Labute approximate surface area is 662 Å². The molecule has 2 unspecified atom stereocenters. The summed E-state index contributed by atoms with van der Waals surface area (Å²) >= 11 is 0. The topological polar surface area (TPSA) is 225 Å². The Balaban J connectivity index is 1.09. The fourth-order valence-corrected chi connectivity index (χ4v) is 18.9. The molecule has 2 aliphatic rings. The largest absolute Gasteiger partial charge is 0.501 e. The van der Waals surface area contributed by atoms with Gasteiger partial charge in [0, 0.05) is 111 Å². The summed E-state index contributed by atoms with van der Waals surface area (Å²) in [6.45, 7) is 7.04. The smallest absolute Gasteiger partial charge is 0.457 e. The molecule has 2 heterocycles. The van der Waals surface area contributed by atoms with Gasteiger partial charge in [-0.3, -0.25) is 38.6 Å². The van der Waals surface area contributed by atoms with Crippen molar-refractivity contribution in [2.75, 3.05) is 55.7 Å². The van der Waals surface area contributed by atoms with E-state index >= 15 is 28.8 Å². The second kappa shape index (κ2) is 32.5. The van der Waals surface area contributed by atoms with Gasteiger partial charge < -0.3 is 56.1 Å². The molecule has 2 aliphatic heterocycles. The quantitative estimate of drug-likeness (QED) is 0.0185. The number of nitrogens with one attached hydrogen (secondary N) is 2. The first-order valence-electron chi connectivity index (χ1n) is 37.6. The van der Waals surface area contributed by atoms with Crippen molar-refractivity contribution in [2.24, 2.45) is 11.8 Å². The number of rotatable bonds is 30. The molecule has 0 radical (unpaired) electrons. The molecule has 0 bridgehead atoms. The zero-order chi connectivity index (χ0) is 79.7. The fourth-order valence-electron chi connectivity index (χ4n) is 15.8. The van der Waals surface area contributed by atoms with Gasteiger partial charge in [0.2, 0.25) is 11.8 Å². The van der Waals surface area contributed by atoms with Crippen molar-refractivity contribution in [3.8, 4) is 90.5 Å². The average Bonchev–Trinajstić information content (AvgIpc) is 0.670. The normalized spacial score (nSPS) is 13.5. The van der Waals surface area contributed by atoms with Crippen LogP contribution in [0, 0.1) is 11.8 Å². The van der Waals surface area contributed by atoms with Gasteiger partial charge in [0.05, 0.1) is 22.3 Å². The van der Waals surface area contributed by atoms with Gasteiger partial charge in [-0.1, -0.05) is 198 Å². The molecule has 0 saturated carbocycles. The predicted octanol–water partition coefficient (Wildman–Crippen LogP) is 18.8. The molecule has 0 aromatic heterocycles. The van der Waals surface area contributed by atoms with Crippen molar-refractivity contribution < 1.29 is 74.3 Å². The van der Waals surface area contributed by atoms with E-state index in [1.54, 1.807) is 76.2 Å². The van der Waals surface area contributed by atoms with Crippen molar-refractivity contribution in [1.29, 1.82) is 0 Å². The fraction of sp³-hybridized carbons (Fsp3) is 0.196. The van der Waals surface area contributed by atoms with Crippen molar-refractivity contribution in [3.05, 3.63) is 265 Å². The summed E-state index contributed by atoms with van der Waals surface area (Å²) in [6.07, 6.45) is 0. The Morgan fingerprint density at radius 2 is 0.526 bits per heavy atom. The number of amides is 6. The number of carbonyl (C=O) groups is 6. The van der Waals surface area contributed by atoms with Crippen LogP contribution in [0.15, 0.2) is 243 Å². The molecular formula is C92H84N4O16Si2. The maximum absolute atomic E-state index is 16.7. The lowest BCUT2D eigenvalue weighted by atomic mass is 9.80. The highest BCUT2D eigenvalue weighted by atomic mass is 28.4. The molecule has 2 N–H and O–H groups in total. The lowest BCUT2D eigenvalue weighted by molar-refractivity contribution is -0.127. The summed E-state index contributed by atoms with van der Waals surface area (Å²) in [4.78, 5) is 99.1. The molecule has 13 aromatic rings. The molecule has 0 aliphatic carbocycles. The second-order valence-corrected chi connectivity index (χ2v) is 34.9. The predicted molar refractivity (Wildman–Crippen MR) is 443 cm³/mol. The number of hydrogen-bond acceptors (Lipinski definition) is 16. The number of hydrogen-bond donors (Lipinski definition) is 2. The summed E-state index contributed by atoms with van der Waals surface area (Å²) in [6, 6.07) is 72.8. The molecule has 114 heavy (non-hydrogen) atoms. The lowest BCUT2D eigenvalue weighted by Gasteiger charge is -2.37. The van der Waals surface area contributed by atoms with Gasteiger partial charge in [0.25, 0.3) is 23.6 Å². The minimum atomic E-state index is -3.26. The molecule has 13 aromatic carbocycles. The van der Waals surface area contributed by atoms with E-state index in [-0.39, 0.29) is 114 Å². The number of ether oxygens (including phenoxy) is 4. The van der Waals surface area contributed by atoms with Crippen LogP contribution < -0.4 is 29.6 Å². The number of nitrogens with zero attached hydrogens (tertiary/aromatic N) is 2. The number of imide groups is 2. The van der Waals surface area contributed by atoms with E-state index in [0.29, 0.717) is 23.0 Å². The maximum atomic E-state index is 16.7. The van der Waals surface area contributed by atoms with Crippen molar-refractivity contribution >= 4 is 96.1 Å². The first-order valence-corrected chi connectivity index (χ1v) is 41.5. The van der Waals surface area contributed by atoms with Crippen LogP contribution in [0.4, 0.5) is 0 Å². The number of benzene rings is 13. The number of fused-ring (bicyclic) bond motifs is 2. The Morgan fingerprint density at radius 3 is 0.746 bits per heavy atom. The van der Waals surface area contributed by atoms with Gasteiger partial charge in [-0.2, -0.15) is 0 Å². The molecule has 576 valence electrons. The molecule has 15 rings (SSSR count). The minimum absolute atomic E-state index is 0.000250. The van der Waals surface area contributed by atoms with Crippen LogP contribution >= 0.6 is 0 Å². The minimum Gasteiger partial charge on any atom is -0.457 e. The maximum Gasteiger partial charge on any atom is 0.501 e. The summed E-state index contributed by atoms with van der Waals surface area (Å²) < 4.78 is 64.3. The van der Waals surface area contributed by atoms with Gasteiger partial charge >= 0.3 is 17.6 Å². The van der Waals surface area contributed by atoms with E-state index in [0.717, 1.165) is 54.3 Å². The van der Waals surface area contributed by atoms with Gasteiger partial charge in [0.1, 0.15) is 58.1 Å². The summed E-state index contributed by atoms with van der Waals surface area (Å²) in [5.41, 5.74) is 6.55. The Morgan fingerprint density at radius 1 is 0.298 bits per heavy atom. The van der Waals surface area contributed by atoms with E-state index in [2.05, 4.69) is 10.6 Å². The third-order valence-electron chi connectivity index (χ3n) is 21.3. The molecule has 20 nitrogen and oxygen atoms in total. The highest BCUT2D eigenvalue weighted by Gasteiger charge is 2.48. The Hall–Kier alpha value is -12.2. The molecule has 2 atom stereocenters. The standard InChI is InChI=1S/C92H84N4O16Si2/c1-55(2)85(87(97)93-43-45-113(103-5,104-6)105-7)95-89(99)69-51-73(109-65-39-23-35-61(47-65)57-27-15-11-16-28-57)79-81-75(111-67-41-25-37-63(49-67)59-31-19-13-20-32-59)53-71-78-72(92(102)96(91(71)101)86(56(3)4)88(98)94-44-46-114(106-8,107-9)108-10)54-76(112-68-42-26-38-64(50-68)60-33-21-14-22-34-60)82(84(78)81)80-74(52-70(90(95)100)77(69)83(79)80)110-66-40-24-36-62(48-66)58-29-17-12-18-30-58/h11-42,47-56,85-86H,43-46H2,1-10H3,(H,93,97)(H,94,98). The van der Waals surface area contributed by atoms with Crippen LogP contribution in [-0.2, 0) is 36.1 Å². The van der Waals surface area contributed by atoms with E-state index in [1.165, 1.54) is 42.7 Å². The zero-order valence-electron chi connectivity index (χ0n) is 64.7. The van der Waals surface area contributed by atoms with E-state index in [9.17, 15) is 0 Å². The van der Waals surface area contributed by atoms with Crippen LogP contribution in [0.25, 0.3) is 87.6 Å². The number of carbonyl (C=O) groups excluding carboxylic acids is 6. The molecule has 0 spiro atoms. The summed E-state index contributed by atoms with van der Waals surface area (Å²) in [7, 11) is 2.32. The SMILES string of the molecule is CO[Si](CCNC(=O)C(C(C)C)N1C(=O)c2cc(Oc3cccc(-c4ccccc4)c3)c3c4c(Oc5cccc(-c6ccccc6)c5)cc5c6c(cc(Oc7cccc(-c8ccccc8)c7)c(c7c(Oc8cccc(-c9ccccc9)c8)cc(c2c37)C1=O)c64)C(=O)N(C(C(=O)NCC[Si](OC)(OC)OC)C(C)C)C5=O)(OC)OC. The molecule has 0 fully saturated rings. The van der Waals surface area contributed by atoms with E-state index in [1.807, 2.05) is 194 Å².